The van der Waals surface area contributed by atoms with Crippen molar-refractivity contribution in [2.45, 2.75) is 52.1 Å². The van der Waals surface area contributed by atoms with E-state index in [9.17, 15) is 24.3 Å². The molecule has 1 aromatic carbocycles. The minimum atomic E-state index is -1.13. The van der Waals surface area contributed by atoms with Crippen LogP contribution in [0.25, 0.3) is 0 Å². The van der Waals surface area contributed by atoms with Crippen molar-refractivity contribution in [1.29, 1.82) is 0 Å². The number of carboxylic acids is 1. The Labute approximate surface area is 179 Å². The summed E-state index contributed by atoms with van der Waals surface area (Å²) >= 11 is 0. The number of carboxylic acid groups (broad SMARTS) is 1. The van der Waals surface area contributed by atoms with Crippen LogP contribution >= 0.6 is 0 Å². The lowest BCUT2D eigenvalue weighted by atomic mass is 9.82. The van der Waals surface area contributed by atoms with Gasteiger partial charge in [-0.2, -0.15) is 0 Å². The second-order valence-electron chi connectivity index (χ2n) is 8.04. The van der Waals surface area contributed by atoms with Gasteiger partial charge in [0.15, 0.2) is 0 Å². The van der Waals surface area contributed by atoms with Gasteiger partial charge in [0.1, 0.15) is 5.92 Å². The fourth-order valence-electron chi connectivity index (χ4n) is 3.64. The van der Waals surface area contributed by atoms with Crippen molar-refractivity contribution in [1.82, 2.24) is 0 Å². The molecule has 0 aromatic heterocycles. The Morgan fingerprint density at radius 1 is 0.871 bits per heavy atom. The molecule has 2 aliphatic heterocycles. The minimum absolute atomic E-state index is 0.0566. The first-order valence-corrected chi connectivity index (χ1v) is 10.0. The molecule has 2 heterocycles. The summed E-state index contributed by atoms with van der Waals surface area (Å²) in [7, 11) is 0. The lowest BCUT2D eigenvalue weighted by Gasteiger charge is -2.21. The highest BCUT2D eigenvalue weighted by Gasteiger charge is 2.53. The Kier molecular flexibility index (Phi) is 6.45. The maximum absolute atomic E-state index is 12.9. The Bertz CT molecular complexity index is 895. The molecule has 9 heteroatoms. The monoisotopic (exact) mass is 431 g/mol. The molecule has 31 heavy (non-hydrogen) atoms. The fourth-order valence-corrected chi connectivity index (χ4v) is 3.64. The zero-order valence-corrected chi connectivity index (χ0v) is 17.7. The van der Waals surface area contributed by atoms with Crippen molar-refractivity contribution >= 4 is 29.5 Å². The van der Waals surface area contributed by atoms with Crippen LogP contribution in [-0.4, -0.2) is 53.3 Å². The first-order valence-electron chi connectivity index (χ1n) is 10.0. The normalized spacial score (nSPS) is 23.8. The maximum atomic E-state index is 12.9. The lowest BCUT2D eigenvalue weighted by molar-refractivity contribution is -0.145. The van der Waals surface area contributed by atoms with Crippen molar-refractivity contribution in [3.63, 3.8) is 0 Å². The average Bonchev–Trinajstić information content (AvgIpc) is 3.28. The van der Waals surface area contributed by atoms with Gasteiger partial charge in [-0.1, -0.05) is 12.2 Å². The van der Waals surface area contributed by atoms with Gasteiger partial charge in [-0.25, -0.2) is 9.59 Å². The molecule has 0 aliphatic carbocycles. The van der Waals surface area contributed by atoms with Gasteiger partial charge in [0.25, 0.3) is 0 Å². The van der Waals surface area contributed by atoms with Gasteiger partial charge in [-0.3, -0.25) is 9.59 Å². The molecule has 2 aliphatic rings. The summed E-state index contributed by atoms with van der Waals surface area (Å²) in [6.45, 7) is 6.75. The Morgan fingerprint density at radius 2 is 1.35 bits per heavy atom. The van der Waals surface area contributed by atoms with Crippen molar-refractivity contribution in [2.24, 2.45) is 11.8 Å². The number of aliphatic carboxylic acids is 1. The van der Waals surface area contributed by atoms with Gasteiger partial charge in [0, 0.05) is 5.69 Å². The quantitative estimate of drug-likeness (QED) is 0.498. The summed E-state index contributed by atoms with van der Waals surface area (Å²) < 4.78 is 15.9. The van der Waals surface area contributed by atoms with Crippen molar-refractivity contribution < 1.29 is 38.5 Å². The van der Waals surface area contributed by atoms with E-state index in [-0.39, 0.29) is 29.0 Å². The van der Waals surface area contributed by atoms with Gasteiger partial charge in [0.05, 0.1) is 41.5 Å². The molecule has 0 unspecified atom stereocenters. The number of ether oxygens (including phenoxy) is 3. The van der Waals surface area contributed by atoms with E-state index in [1.807, 2.05) is 0 Å². The number of amides is 1. The minimum Gasteiger partial charge on any atom is -0.481 e. The van der Waals surface area contributed by atoms with Gasteiger partial charge < -0.3 is 24.6 Å². The van der Waals surface area contributed by atoms with Crippen LogP contribution in [0, 0.1) is 11.8 Å². The summed E-state index contributed by atoms with van der Waals surface area (Å²) in [6, 6.07) is 4.07. The molecule has 3 rings (SSSR count). The number of anilines is 1. The summed E-state index contributed by atoms with van der Waals surface area (Å²) in [5.41, 5.74) is 0.261. The standard InChI is InChI=1S/C22H25NO8/c1-10(2)29-21(27)12-7-13(22(28)30-11(3)4)9-14(8-12)23-19(24)17-15-5-6-16(31-15)18(17)20(25)26/h5-11,15-18H,1-4H3,(H,23,24)(H,25,26)/t15-,16+,17-,18-/m0/s1. The highest BCUT2D eigenvalue weighted by atomic mass is 16.5. The summed E-state index contributed by atoms with van der Waals surface area (Å²) in [6.07, 6.45) is 1.22. The number of fused-ring (bicyclic) bond motifs is 2. The molecule has 0 radical (unpaired) electrons. The van der Waals surface area contributed by atoms with Crippen LogP contribution in [-0.2, 0) is 23.8 Å². The molecule has 1 fully saturated rings. The molecule has 9 nitrogen and oxygen atoms in total. The summed E-state index contributed by atoms with van der Waals surface area (Å²) in [4.78, 5) is 49.3. The molecular weight excluding hydrogens is 406 g/mol. The van der Waals surface area contributed by atoms with E-state index in [0.29, 0.717) is 0 Å². The summed E-state index contributed by atoms with van der Waals surface area (Å²) in [5.74, 6) is -5.01. The SMILES string of the molecule is CC(C)OC(=O)c1cc(NC(=O)[C@@H]2[C@@H](C(=O)O)[C@H]3C=C[C@@H]2O3)cc(C(=O)OC(C)C)c1. The second-order valence-corrected chi connectivity index (χ2v) is 8.04. The molecule has 1 saturated heterocycles. The number of carbonyl (C=O) groups excluding carboxylic acids is 3. The predicted octanol–water partition coefficient (Wildman–Crippen LogP) is 2.41. The van der Waals surface area contributed by atoms with E-state index in [0.717, 1.165) is 0 Å². The zero-order valence-electron chi connectivity index (χ0n) is 17.7. The molecule has 1 amide bonds. The van der Waals surface area contributed by atoms with Crippen LogP contribution in [0.1, 0.15) is 48.4 Å². The molecule has 2 N–H and O–H groups in total. The van der Waals surface area contributed by atoms with Gasteiger partial charge in [0.2, 0.25) is 5.91 Å². The van der Waals surface area contributed by atoms with E-state index in [2.05, 4.69) is 5.32 Å². The van der Waals surface area contributed by atoms with Crippen LogP contribution < -0.4 is 5.32 Å². The molecule has 0 spiro atoms. The van der Waals surface area contributed by atoms with Crippen LogP contribution in [0.5, 0.6) is 0 Å². The third-order valence-electron chi connectivity index (χ3n) is 4.84. The van der Waals surface area contributed by atoms with E-state index in [4.69, 9.17) is 14.2 Å². The van der Waals surface area contributed by atoms with Crippen molar-refractivity contribution in [3.05, 3.63) is 41.5 Å². The Balaban J connectivity index is 1.89. The molecule has 2 bridgehead atoms. The smallest absolute Gasteiger partial charge is 0.338 e. The van der Waals surface area contributed by atoms with Gasteiger partial charge in [-0.05, 0) is 45.9 Å². The molecule has 4 atom stereocenters. The van der Waals surface area contributed by atoms with Crippen LogP contribution in [0.2, 0.25) is 0 Å². The van der Waals surface area contributed by atoms with E-state index < -0.39 is 47.9 Å². The number of carbonyl (C=O) groups is 4. The highest BCUT2D eigenvalue weighted by molar-refractivity contribution is 6.01. The number of nitrogens with one attached hydrogen (secondary N) is 1. The highest BCUT2D eigenvalue weighted by Crippen LogP contribution is 2.40. The van der Waals surface area contributed by atoms with Crippen LogP contribution in [0.4, 0.5) is 5.69 Å². The zero-order chi connectivity index (χ0) is 22.9. The number of benzene rings is 1. The van der Waals surface area contributed by atoms with E-state index in [1.165, 1.54) is 18.2 Å². The average molecular weight is 431 g/mol. The van der Waals surface area contributed by atoms with Crippen molar-refractivity contribution in [2.75, 3.05) is 5.32 Å². The predicted molar refractivity (Wildman–Crippen MR) is 109 cm³/mol. The Morgan fingerprint density at radius 3 is 1.81 bits per heavy atom. The van der Waals surface area contributed by atoms with Crippen LogP contribution in [0.3, 0.4) is 0 Å². The first kappa shape index (κ1) is 22.5. The first-order chi connectivity index (χ1) is 14.6. The number of hydrogen-bond acceptors (Lipinski definition) is 7. The molecule has 0 saturated carbocycles. The summed E-state index contributed by atoms with van der Waals surface area (Å²) in [5, 5.41) is 12.1. The lowest BCUT2D eigenvalue weighted by Crippen LogP contribution is -2.39. The van der Waals surface area contributed by atoms with E-state index in [1.54, 1.807) is 39.8 Å². The number of hydrogen-bond donors (Lipinski definition) is 2. The largest absolute Gasteiger partial charge is 0.481 e. The maximum Gasteiger partial charge on any atom is 0.338 e. The Hall–Kier alpha value is -3.20. The second kappa shape index (κ2) is 8.89. The van der Waals surface area contributed by atoms with Crippen LogP contribution in [0.15, 0.2) is 30.4 Å². The fraction of sp³-hybridized carbons (Fsp3) is 0.455. The topological polar surface area (TPSA) is 128 Å². The van der Waals surface area contributed by atoms with Crippen molar-refractivity contribution in [3.8, 4) is 0 Å². The molecular formula is C22H25NO8. The number of esters is 2. The molecule has 166 valence electrons. The third-order valence-corrected chi connectivity index (χ3v) is 4.84. The number of rotatable bonds is 7. The third kappa shape index (κ3) is 4.93. The van der Waals surface area contributed by atoms with E-state index >= 15 is 0 Å². The van der Waals surface area contributed by atoms with Gasteiger partial charge in [-0.15, -0.1) is 0 Å². The van der Waals surface area contributed by atoms with Gasteiger partial charge >= 0.3 is 17.9 Å². The molecule has 1 aromatic rings.